The quantitative estimate of drug-likeness (QED) is 0.601. The Hall–Kier alpha value is -2.15. The number of amides is 1. The maximum atomic E-state index is 12.4. The predicted molar refractivity (Wildman–Crippen MR) is 80.1 cm³/mol. The SMILES string of the molecule is CCOC(=O)c1[nH]c(C)c(C(=O)CN(C)C(=O)COC)c1C. The first-order valence-electron chi connectivity index (χ1n) is 6.95. The van der Waals surface area contributed by atoms with Crippen LogP contribution in [0.4, 0.5) is 0 Å². The highest BCUT2D eigenvalue weighted by molar-refractivity contribution is 6.04. The third kappa shape index (κ3) is 3.94. The Morgan fingerprint density at radius 2 is 1.86 bits per heavy atom. The van der Waals surface area contributed by atoms with Gasteiger partial charge >= 0.3 is 5.97 Å². The van der Waals surface area contributed by atoms with Gasteiger partial charge in [0.2, 0.25) is 5.91 Å². The van der Waals surface area contributed by atoms with Gasteiger partial charge in [-0.05, 0) is 26.3 Å². The molecule has 1 aromatic rings. The van der Waals surface area contributed by atoms with Crippen molar-refractivity contribution >= 4 is 17.7 Å². The summed E-state index contributed by atoms with van der Waals surface area (Å²) in [5, 5.41) is 0. The van der Waals surface area contributed by atoms with Crippen LogP contribution in [0.1, 0.15) is 39.0 Å². The zero-order chi connectivity index (χ0) is 16.9. The molecule has 0 saturated carbocycles. The Balaban J connectivity index is 2.95. The molecule has 1 aromatic heterocycles. The van der Waals surface area contributed by atoms with Gasteiger partial charge in [-0.15, -0.1) is 0 Å². The molecule has 1 N–H and O–H groups in total. The van der Waals surface area contributed by atoms with Crippen LogP contribution in [0.3, 0.4) is 0 Å². The Morgan fingerprint density at radius 3 is 2.41 bits per heavy atom. The molecule has 122 valence electrons. The lowest BCUT2D eigenvalue weighted by Gasteiger charge is -2.16. The van der Waals surface area contributed by atoms with E-state index in [1.165, 1.54) is 19.1 Å². The number of H-pyrrole nitrogens is 1. The molecule has 0 fully saturated rings. The average molecular weight is 310 g/mol. The van der Waals surface area contributed by atoms with Crippen LogP contribution in [-0.2, 0) is 14.3 Å². The van der Waals surface area contributed by atoms with E-state index >= 15 is 0 Å². The highest BCUT2D eigenvalue weighted by atomic mass is 16.5. The molecule has 0 bridgehead atoms. The predicted octanol–water partition coefficient (Wildman–Crippen LogP) is 1.10. The average Bonchev–Trinajstić information content (AvgIpc) is 2.74. The standard InChI is InChI=1S/C15H22N2O5/c1-6-22-15(20)14-9(2)13(10(3)16-14)11(18)7-17(4)12(19)8-21-5/h16H,6-8H2,1-5H3. The number of nitrogens with zero attached hydrogens (tertiary/aromatic N) is 1. The molecule has 0 aliphatic rings. The molecule has 0 saturated heterocycles. The van der Waals surface area contributed by atoms with Gasteiger partial charge in [0, 0.05) is 25.4 Å². The smallest absolute Gasteiger partial charge is 0.355 e. The van der Waals surface area contributed by atoms with Crippen LogP contribution >= 0.6 is 0 Å². The van der Waals surface area contributed by atoms with Crippen molar-refractivity contribution in [3.8, 4) is 0 Å². The number of hydrogen-bond donors (Lipinski definition) is 1. The molecule has 22 heavy (non-hydrogen) atoms. The summed E-state index contributed by atoms with van der Waals surface area (Å²) in [6, 6.07) is 0. The van der Waals surface area contributed by atoms with Crippen LogP contribution in [0.15, 0.2) is 0 Å². The van der Waals surface area contributed by atoms with Crippen molar-refractivity contribution in [1.29, 1.82) is 0 Å². The number of rotatable bonds is 7. The number of Topliss-reactive ketones (excluding diaryl/α,β-unsaturated/α-hetero) is 1. The minimum absolute atomic E-state index is 0.0794. The van der Waals surface area contributed by atoms with Crippen molar-refractivity contribution in [2.45, 2.75) is 20.8 Å². The largest absolute Gasteiger partial charge is 0.461 e. The molecule has 7 nitrogen and oxygen atoms in total. The van der Waals surface area contributed by atoms with E-state index in [0.717, 1.165) is 0 Å². The number of aromatic nitrogens is 1. The van der Waals surface area contributed by atoms with Crippen LogP contribution in [0.2, 0.25) is 0 Å². The summed E-state index contributed by atoms with van der Waals surface area (Å²) in [4.78, 5) is 40.0. The molecule has 0 aromatic carbocycles. The summed E-state index contributed by atoms with van der Waals surface area (Å²) in [6.07, 6.45) is 0. The lowest BCUT2D eigenvalue weighted by Crippen LogP contribution is -2.34. The molecule has 1 rings (SSSR count). The summed E-state index contributed by atoms with van der Waals surface area (Å²) in [7, 11) is 2.95. The molecule has 0 radical (unpaired) electrons. The fourth-order valence-electron chi connectivity index (χ4n) is 2.19. The number of methoxy groups -OCH3 is 1. The van der Waals surface area contributed by atoms with Gasteiger partial charge in [-0.25, -0.2) is 4.79 Å². The Labute approximate surface area is 129 Å². The molecule has 1 amide bonds. The number of ketones is 1. The Bertz CT molecular complexity index is 577. The first-order valence-corrected chi connectivity index (χ1v) is 6.95. The zero-order valence-electron chi connectivity index (χ0n) is 13.6. The number of likely N-dealkylation sites (N-methyl/N-ethyl adjacent to an activating group) is 1. The van der Waals surface area contributed by atoms with Gasteiger partial charge < -0.3 is 19.4 Å². The maximum Gasteiger partial charge on any atom is 0.355 e. The molecule has 0 aliphatic heterocycles. The second-order valence-electron chi connectivity index (χ2n) is 4.95. The number of carbonyl (C=O) groups is 3. The number of hydrogen-bond acceptors (Lipinski definition) is 5. The summed E-state index contributed by atoms with van der Waals surface area (Å²) in [6.45, 7) is 5.20. The van der Waals surface area contributed by atoms with E-state index in [-0.39, 0.29) is 37.1 Å². The minimum Gasteiger partial charge on any atom is -0.461 e. The summed E-state index contributed by atoms with van der Waals surface area (Å²) < 4.78 is 9.70. The van der Waals surface area contributed by atoms with Crippen molar-refractivity contribution in [2.75, 3.05) is 33.9 Å². The lowest BCUT2D eigenvalue weighted by molar-refractivity contribution is -0.133. The lowest BCUT2D eigenvalue weighted by atomic mass is 10.1. The first-order chi connectivity index (χ1) is 10.3. The second-order valence-corrected chi connectivity index (χ2v) is 4.95. The summed E-state index contributed by atoms with van der Waals surface area (Å²) in [5.74, 6) is -1.02. The van der Waals surface area contributed by atoms with E-state index in [1.807, 2.05) is 0 Å². The number of ether oxygens (including phenoxy) is 2. The van der Waals surface area contributed by atoms with E-state index in [0.29, 0.717) is 16.8 Å². The number of aryl methyl sites for hydroxylation is 1. The van der Waals surface area contributed by atoms with Crippen LogP contribution in [0.25, 0.3) is 0 Å². The summed E-state index contributed by atoms with van der Waals surface area (Å²) in [5.41, 5.74) is 1.81. The highest BCUT2D eigenvalue weighted by Crippen LogP contribution is 2.19. The van der Waals surface area contributed by atoms with Gasteiger partial charge in [-0.1, -0.05) is 0 Å². The maximum absolute atomic E-state index is 12.4. The third-order valence-electron chi connectivity index (χ3n) is 3.27. The van der Waals surface area contributed by atoms with Crippen molar-refractivity contribution in [1.82, 2.24) is 9.88 Å². The molecule has 0 atom stereocenters. The molecule has 7 heteroatoms. The van der Waals surface area contributed by atoms with E-state index in [9.17, 15) is 14.4 Å². The topological polar surface area (TPSA) is 88.7 Å². The van der Waals surface area contributed by atoms with Crippen molar-refractivity contribution in [3.63, 3.8) is 0 Å². The molecular formula is C15H22N2O5. The van der Waals surface area contributed by atoms with Gasteiger partial charge in [-0.3, -0.25) is 9.59 Å². The van der Waals surface area contributed by atoms with Crippen molar-refractivity contribution in [2.24, 2.45) is 0 Å². The number of carbonyl (C=O) groups excluding carboxylic acids is 3. The molecule has 0 spiro atoms. The summed E-state index contributed by atoms with van der Waals surface area (Å²) >= 11 is 0. The third-order valence-corrected chi connectivity index (χ3v) is 3.27. The molecule has 1 heterocycles. The van der Waals surface area contributed by atoms with Gasteiger partial charge in [0.05, 0.1) is 13.2 Å². The van der Waals surface area contributed by atoms with Crippen LogP contribution in [-0.4, -0.2) is 61.5 Å². The van der Waals surface area contributed by atoms with Crippen LogP contribution in [0, 0.1) is 13.8 Å². The zero-order valence-corrected chi connectivity index (χ0v) is 13.6. The molecule has 0 unspecified atom stereocenters. The van der Waals surface area contributed by atoms with Crippen molar-refractivity contribution < 1.29 is 23.9 Å². The first kappa shape index (κ1) is 17.9. The molecule has 0 aliphatic carbocycles. The van der Waals surface area contributed by atoms with Gasteiger partial charge in [0.15, 0.2) is 5.78 Å². The molecular weight excluding hydrogens is 288 g/mol. The number of esters is 1. The van der Waals surface area contributed by atoms with Crippen LogP contribution in [0.5, 0.6) is 0 Å². The van der Waals surface area contributed by atoms with E-state index in [4.69, 9.17) is 9.47 Å². The number of nitrogens with one attached hydrogen (secondary N) is 1. The van der Waals surface area contributed by atoms with Crippen molar-refractivity contribution in [3.05, 3.63) is 22.5 Å². The van der Waals surface area contributed by atoms with Crippen LogP contribution < -0.4 is 0 Å². The van der Waals surface area contributed by atoms with Gasteiger partial charge in [0.25, 0.3) is 0 Å². The highest BCUT2D eigenvalue weighted by Gasteiger charge is 2.24. The van der Waals surface area contributed by atoms with E-state index in [2.05, 4.69) is 4.98 Å². The Kier molecular flexibility index (Phi) is 6.30. The van der Waals surface area contributed by atoms with Gasteiger partial charge in [-0.2, -0.15) is 0 Å². The van der Waals surface area contributed by atoms with E-state index < -0.39 is 5.97 Å². The number of aromatic amines is 1. The normalized spacial score (nSPS) is 10.4. The fourth-order valence-corrected chi connectivity index (χ4v) is 2.19. The Morgan fingerprint density at radius 1 is 1.23 bits per heavy atom. The fraction of sp³-hybridized carbons (Fsp3) is 0.533. The monoisotopic (exact) mass is 310 g/mol. The van der Waals surface area contributed by atoms with Gasteiger partial charge in [0.1, 0.15) is 12.3 Å². The van der Waals surface area contributed by atoms with E-state index in [1.54, 1.807) is 20.8 Å². The minimum atomic E-state index is -0.494. The second kappa shape index (κ2) is 7.74.